The summed E-state index contributed by atoms with van der Waals surface area (Å²) in [5.74, 6) is 0.653. The standard InChI is InChI=1S/C13H22N4O/c1-13(2,17(4)5)9-16-12(18)10-6-7-11(14-3)15-8-10/h6-8H,9H2,1-5H3,(H,14,15)(H,16,18). The third kappa shape index (κ3) is 3.70. The van der Waals surface area contributed by atoms with Gasteiger partial charge in [0.2, 0.25) is 0 Å². The Labute approximate surface area is 109 Å². The number of carbonyl (C=O) groups excluding carboxylic acids is 1. The number of nitrogens with one attached hydrogen (secondary N) is 2. The van der Waals surface area contributed by atoms with E-state index >= 15 is 0 Å². The normalized spacial score (nSPS) is 11.4. The molecule has 18 heavy (non-hydrogen) atoms. The van der Waals surface area contributed by atoms with Gasteiger partial charge in [-0.2, -0.15) is 0 Å². The van der Waals surface area contributed by atoms with E-state index in [0.717, 1.165) is 5.82 Å². The largest absolute Gasteiger partial charge is 0.373 e. The minimum atomic E-state index is -0.0971. The van der Waals surface area contributed by atoms with Crippen LogP contribution in [-0.4, -0.2) is 49.0 Å². The Morgan fingerprint density at radius 2 is 2.06 bits per heavy atom. The van der Waals surface area contributed by atoms with E-state index < -0.39 is 0 Å². The zero-order valence-electron chi connectivity index (χ0n) is 11.7. The Bertz CT molecular complexity index is 398. The summed E-state index contributed by atoms with van der Waals surface area (Å²) >= 11 is 0. The number of hydrogen-bond acceptors (Lipinski definition) is 4. The van der Waals surface area contributed by atoms with Crippen molar-refractivity contribution in [2.24, 2.45) is 0 Å². The second-order valence-corrected chi connectivity index (χ2v) is 5.07. The third-order valence-electron chi connectivity index (χ3n) is 3.17. The number of carbonyl (C=O) groups is 1. The Morgan fingerprint density at radius 3 is 2.50 bits per heavy atom. The lowest BCUT2D eigenvalue weighted by Gasteiger charge is -2.32. The summed E-state index contributed by atoms with van der Waals surface area (Å²) < 4.78 is 0. The van der Waals surface area contributed by atoms with E-state index in [2.05, 4.69) is 34.4 Å². The van der Waals surface area contributed by atoms with Crippen LogP contribution in [0.25, 0.3) is 0 Å². The van der Waals surface area contributed by atoms with Gasteiger partial charge in [0.05, 0.1) is 5.56 Å². The number of anilines is 1. The predicted octanol–water partition coefficient (Wildman–Crippen LogP) is 1.19. The highest BCUT2D eigenvalue weighted by molar-refractivity contribution is 5.94. The molecule has 1 aromatic heterocycles. The molecule has 0 aliphatic rings. The van der Waals surface area contributed by atoms with Crippen LogP contribution in [-0.2, 0) is 0 Å². The van der Waals surface area contributed by atoms with E-state index in [1.807, 2.05) is 14.1 Å². The SMILES string of the molecule is CNc1ccc(C(=O)NCC(C)(C)N(C)C)cn1. The van der Waals surface area contributed by atoms with Gasteiger partial charge in [-0.25, -0.2) is 4.98 Å². The second-order valence-electron chi connectivity index (χ2n) is 5.07. The van der Waals surface area contributed by atoms with Crippen molar-refractivity contribution in [3.05, 3.63) is 23.9 Å². The van der Waals surface area contributed by atoms with Gasteiger partial charge < -0.3 is 15.5 Å². The molecule has 0 bridgehead atoms. The average molecular weight is 250 g/mol. The molecule has 0 saturated heterocycles. The smallest absolute Gasteiger partial charge is 0.252 e. The molecule has 1 aromatic rings. The van der Waals surface area contributed by atoms with Gasteiger partial charge in [-0.1, -0.05) is 0 Å². The third-order valence-corrected chi connectivity index (χ3v) is 3.17. The maximum atomic E-state index is 11.9. The van der Waals surface area contributed by atoms with Gasteiger partial charge in [-0.05, 0) is 40.1 Å². The lowest BCUT2D eigenvalue weighted by molar-refractivity contribution is 0.0919. The van der Waals surface area contributed by atoms with Crippen LogP contribution in [0.15, 0.2) is 18.3 Å². The van der Waals surface area contributed by atoms with Crippen molar-refractivity contribution in [2.75, 3.05) is 33.0 Å². The van der Waals surface area contributed by atoms with E-state index in [9.17, 15) is 4.79 Å². The van der Waals surface area contributed by atoms with Crippen LogP contribution in [0.5, 0.6) is 0 Å². The Hall–Kier alpha value is -1.62. The van der Waals surface area contributed by atoms with Crippen LogP contribution >= 0.6 is 0 Å². The van der Waals surface area contributed by atoms with Gasteiger partial charge in [0.15, 0.2) is 0 Å². The molecule has 0 fully saturated rings. The lowest BCUT2D eigenvalue weighted by Crippen LogP contribution is -2.48. The second kappa shape index (κ2) is 5.82. The van der Waals surface area contributed by atoms with Crippen molar-refractivity contribution in [3.8, 4) is 0 Å². The summed E-state index contributed by atoms with van der Waals surface area (Å²) in [5.41, 5.74) is 0.497. The van der Waals surface area contributed by atoms with Gasteiger partial charge in [0.1, 0.15) is 5.82 Å². The molecule has 0 spiro atoms. The molecule has 5 heteroatoms. The first-order valence-corrected chi connectivity index (χ1v) is 5.96. The van der Waals surface area contributed by atoms with E-state index in [1.54, 1.807) is 25.4 Å². The molecule has 0 aromatic carbocycles. The average Bonchev–Trinajstić information content (AvgIpc) is 2.36. The van der Waals surface area contributed by atoms with Crippen molar-refractivity contribution in [1.29, 1.82) is 0 Å². The number of nitrogens with zero attached hydrogens (tertiary/aromatic N) is 2. The quantitative estimate of drug-likeness (QED) is 0.824. The number of pyridine rings is 1. The first-order valence-electron chi connectivity index (χ1n) is 5.96. The van der Waals surface area contributed by atoms with Gasteiger partial charge in [0, 0.05) is 25.3 Å². The van der Waals surface area contributed by atoms with Crippen LogP contribution in [0.1, 0.15) is 24.2 Å². The predicted molar refractivity (Wildman–Crippen MR) is 73.9 cm³/mol. The number of likely N-dealkylation sites (N-methyl/N-ethyl adjacent to an activating group) is 1. The van der Waals surface area contributed by atoms with Crippen molar-refractivity contribution >= 4 is 11.7 Å². The fourth-order valence-electron chi connectivity index (χ4n) is 1.23. The van der Waals surface area contributed by atoms with E-state index in [1.165, 1.54) is 0 Å². The highest BCUT2D eigenvalue weighted by Gasteiger charge is 2.21. The maximum Gasteiger partial charge on any atom is 0.252 e. The van der Waals surface area contributed by atoms with Crippen LogP contribution in [0.2, 0.25) is 0 Å². The summed E-state index contributed by atoms with van der Waals surface area (Å²) in [6.07, 6.45) is 1.57. The molecule has 1 amide bonds. The molecule has 0 aliphatic heterocycles. The Balaban J connectivity index is 2.60. The number of aromatic nitrogens is 1. The lowest BCUT2D eigenvalue weighted by atomic mass is 10.0. The summed E-state index contributed by atoms with van der Waals surface area (Å²) in [7, 11) is 5.78. The molecular formula is C13H22N4O. The van der Waals surface area contributed by atoms with E-state index in [0.29, 0.717) is 12.1 Å². The summed E-state index contributed by atoms with van der Waals surface area (Å²) in [6.45, 7) is 4.75. The first kappa shape index (κ1) is 14.4. The van der Waals surface area contributed by atoms with Crippen molar-refractivity contribution in [1.82, 2.24) is 15.2 Å². The molecule has 5 nitrogen and oxygen atoms in total. The molecule has 0 saturated carbocycles. The van der Waals surface area contributed by atoms with Crippen LogP contribution in [0.4, 0.5) is 5.82 Å². The van der Waals surface area contributed by atoms with E-state index in [4.69, 9.17) is 0 Å². The molecule has 100 valence electrons. The number of rotatable bonds is 5. The minimum absolute atomic E-state index is 0.0754. The van der Waals surface area contributed by atoms with Crippen molar-refractivity contribution < 1.29 is 4.79 Å². The molecular weight excluding hydrogens is 228 g/mol. The number of hydrogen-bond donors (Lipinski definition) is 2. The zero-order chi connectivity index (χ0) is 13.8. The summed E-state index contributed by atoms with van der Waals surface area (Å²) in [4.78, 5) is 18.1. The molecule has 0 radical (unpaired) electrons. The van der Waals surface area contributed by atoms with Gasteiger partial charge in [0.25, 0.3) is 5.91 Å². The highest BCUT2D eigenvalue weighted by Crippen LogP contribution is 2.09. The summed E-state index contributed by atoms with van der Waals surface area (Å²) in [5, 5.41) is 5.83. The Morgan fingerprint density at radius 1 is 1.39 bits per heavy atom. The van der Waals surface area contributed by atoms with Gasteiger partial charge in [-0.15, -0.1) is 0 Å². The highest BCUT2D eigenvalue weighted by atomic mass is 16.1. The fraction of sp³-hybridized carbons (Fsp3) is 0.538. The van der Waals surface area contributed by atoms with Crippen molar-refractivity contribution in [3.63, 3.8) is 0 Å². The molecule has 1 heterocycles. The van der Waals surface area contributed by atoms with Gasteiger partial charge in [-0.3, -0.25) is 4.79 Å². The molecule has 1 rings (SSSR count). The zero-order valence-corrected chi connectivity index (χ0v) is 11.7. The van der Waals surface area contributed by atoms with Crippen molar-refractivity contribution in [2.45, 2.75) is 19.4 Å². The Kier molecular flexibility index (Phi) is 4.67. The van der Waals surface area contributed by atoms with E-state index in [-0.39, 0.29) is 11.4 Å². The van der Waals surface area contributed by atoms with Gasteiger partial charge >= 0.3 is 0 Å². The minimum Gasteiger partial charge on any atom is -0.373 e. The topological polar surface area (TPSA) is 57.3 Å². The van der Waals surface area contributed by atoms with Crippen LogP contribution in [0.3, 0.4) is 0 Å². The maximum absolute atomic E-state index is 11.9. The summed E-state index contributed by atoms with van der Waals surface area (Å²) in [6, 6.07) is 3.54. The fourth-order valence-corrected chi connectivity index (χ4v) is 1.23. The first-order chi connectivity index (χ1) is 8.36. The molecule has 2 N–H and O–H groups in total. The molecule has 0 aliphatic carbocycles. The number of amides is 1. The van der Waals surface area contributed by atoms with Crippen LogP contribution in [0, 0.1) is 0 Å². The monoisotopic (exact) mass is 250 g/mol. The van der Waals surface area contributed by atoms with Crippen LogP contribution < -0.4 is 10.6 Å². The molecule has 0 unspecified atom stereocenters. The molecule has 0 atom stereocenters.